The number of aromatic nitrogens is 3. The molecule has 9 heteroatoms. The van der Waals surface area contributed by atoms with Crippen LogP contribution in [-0.2, 0) is 6.54 Å². The number of amides is 1. The third-order valence-corrected chi connectivity index (χ3v) is 4.53. The van der Waals surface area contributed by atoms with Gasteiger partial charge in [-0.15, -0.1) is 10.2 Å². The summed E-state index contributed by atoms with van der Waals surface area (Å²) in [5.41, 5.74) is 1.76. The van der Waals surface area contributed by atoms with Gasteiger partial charge in [-0.3, -0.25) is 9.78 Å². The van der Waals surface area contributed by atoms with E-state index in [4.69, 9.17) is 46.4 Å². The van der Waals surface area contributed by atoms with E-state index in [1.807, 2.05) is 0 Å². The zero-order valence-electron chi connectivity index (χ0n) is 13.0. The highest BCUT2D eigenvalue weighted by molar-refractivity contribution is 6.35. The highest BCUT2D eigenvalue weighted by Crippen LogP contribution is 2.23. The Morgan fingerprint density at radius 1 is 0.923 bits per heavy atom. The molecule has 0 aliphatic heterocycles. The molecular formula is C17H10Cl4N4O. The average Bonchev–Trinajstić information content (AvgIpc) is 2.61. The van der Waals surface area contributed by atoms with E-state index in [-0.39, 0.29) is 17.3 Å². The molecule has 0 bridgehead atoms. The first-order valence-corrected chi connectivity index (χ1v) is 8.82. The van der Waals surface area contributed by atoms with Gasteiger partial charge in [-0.2, -0.15) is 0 Å². The van der Waals surface area contributed by atoms with Crippen LogP contribution in [0, 0.1) is 0 Å². The molecule has 0 aliphatic carbocycles. The van der Waals surface area contributed by atoms with Gasteiger partial charge in [0.2, 0.25) is 0 Å². The lowest BCUT2D eigenvalue weighted by molar-refractivity contribution is 0.0950. The van der Waals surface area contributed by atoms with Crippen molar-refractivity contribution >= 4 is 52.3 Å². The summed E-state index contributed by atoms with van der Waals surface area (Å²) in [7, 11) is 0. The molecule has 0 unspecified atom stereocenters. The summed E-state index contributed by atoms with van der Waals surface area (Å²) in [6.45, 7) is 0.207. The topological polar surface area (TPSA) is 67.8 Å². The van der Waals surface area contributed by atoms with Crippen molar-refractivity contribution < 1.29 is 4.79 Å². The van der Waals surface area contributed by atoms with Gasteiger partial charge in [0, 0.05) is 27.8 Å². The zero-order valence-corrected chi connectivity index (χ0v) is 16.0. The molecule has 0 saturated heterocycles. The number of rotatable bonds is 4. The smallest absolute Gasteiger partial charge is 0.254 e. The van der Waals surface area contributed by atoms with Gasteiger partial charge in [0.25, 0.3) is 5.91 Å². The highest BCUT2D eigenvalue weighted by Gasteiger charge is 2.15. The molecule has 2 aromatic heterocycles. The summed E-state index contributed by atoms with van der Waals surface area (Å²) in [5, 5.41) is 12.0. The molecule has 26 heavy (non-hydrogen) atoms. The van der Waals surface area contributed by atoms with Crippen LogP contribution in [0.15, 0.2) is 42.6 Å². The predicted molar refractivity (Wildman–Crippen MR) is 103 cm³/mol. The first-order chi connectivity index (χ1) is 12.4. The summed E-state index contributed by atoms with van der Waals surface area (Å²) in [6.07, 6.45) is 1.54. The molecule has 2 heterocycles. The summed E-state index contributed by atoms with van der Waals surface area (Å²) in [4.78, 5) is 16.7. The molecule has 1 amide bonds. The van der Waals surface area contributed by atoms with Crippen LogP contribution in [0.25, 0.3) is 11.4 Å². The zero-order chi connectivity index (χ0) is 18.7. The van der Waals surface area contributed by atoms with Crippen molar-refractivity contribution in [2.75, 3.05) is 0 Å². The van der Waals surface area contributed by atoms with Crippen LogP contribution in [0.2, 0.25) is 20.2 Å². The molecule has 0 spiro atoms. The van der Waals surface area contributed by atoms with Gasteiger partial charge in [0.05, 0.1) is 11.3 Å². The van der Waals surface area contributed by atoms with E-state index in [1.165, 1.54) is 12.3 Å². The summed E-state index contributed by atoms with van der Waals surface area (Å²) in [5.74, 6) is -0.417. The molecule has 3 aromatic rings. The number of nitrogens with zero attached hydrogens (tertiary/aromatic N) is 3. The maximum atomic E-state index is 12.5. The van der Waals surface area contributed by atoms with E-state index in [1.54, 1.807) is 30.3 Å². The van der Waals surface area contributed by atoms with Gasteiger partial charge in [-0.25, -0.2) is 0 Å². The number of carbonyl (C=O) groups is 1. The maximum Gasteiger partial charge on any atom is 0.254 e. The van der Waals surface area contributed by atoms with Crippen LogP contribution < -0.4 is 5.32 Å². The maximum absolute atomic E-state index is 12.5. The number of pyridine rings is 1. The van der Waals surface area contributed by atoms with Gasteiger partial charge >= 0.3 is 0 Å². The van der Waals surface area contributed by atoms with E-state index >= 15 is 0 Å². The van der Waals surface area contributed by atoms with Crippen LogP contribution in [0.1, 0.15) is 15.9 Å². The van der Waals surface area contributed by atoms with Crippen LogP contribution in [-0.4, -0.2) is 21.1 Å². The molecule has 3 rings (SSSR count). The molecule has 1 N–H and O–H groups in total. The quantitative estimate of drug-likeness (QED) is 0.630. The molecule has 0 atom stereocenters. The van der Waals surface area contributed by atoms with E-state index in [0.29, 0.717) is 26.5 Å². The van der Waals surface area contributed by atoms with Gasteiger partial charge in [0.15, 0.2) is 5.15 Å². The lowest BCUT2D eigenvalue weighted by Gasteiger charge is -2.09. The van der Waals surface area contributed by atoms with E-state index in [2.05, 4.69) is 20.5 Å². The third-order valence-electron chi connectivity index (χ3n) is 3.43. The highest BCUT2D eigenvalue weighted by atomic mass is 35.5. The lowest BCUT2D eigenvalue weighted by Crippen LogP contribution is -2.23. The standard InChI is InChI=1S/C17H10Cl4N4O/c18-10-2-1-9(13(20)5-10)8-23-17(26)12-7-15(24-25-16(12)21)14-6-11(19)3-4-22-14/h1-7H,8H2,(H,23,26). The molecule has 0 saturated carbocycles. The summed E-state index contributed by atoms with van der Waals surface area (Å²) in [6, 6.07) is 9.80. The predicted octanol–water partition coefficient (Wildman–Crippen LogP) is 5.08. The van der Waals surface area contributed by atoms with Crippen LogP contribution in [0.4, 0.5) is 0 Å². The minimum atomic E-state index is -0.417. The molecular weight excluding hydrogens is 418 g/mol. The number of nitrogens with one attached hydrogen (secondary N) is 1. The number of halogens is 4. The minimum Gasteiger partial charge on any atom is -0.348 e. The molecule has 0 fully saturated rings. The summed E-state index contributed by atoms with van der Waals surface area (Å²) < 4.78 is 0. The van der Waals surface area contributed by atoms with Crippen LogP contribution in [0.5, 0.6) is 0 Å². The average molecular weight is 428 g/mol. The van der Waals surface area contributed by atoms with Crippen molar-refractivity contribution in [1.29, 1.82) is 0 Å². The van der Waals surface area contributed by atoms with Crippen molar-refractivity contribution in [3.8, 4) is 11.4 Å². The van der Waals surface area contributed by atoms with Gasteiger partial charge < -0.3 is 5.32 Å². The Bertz CT molecular complexity index is 981. The minimum absolute atomic E-state index is 0.0181. The van der Waals surface area contributed by atoms with Crippen molar-refractivity contribution in [3.63, 3.8) is 0 Å². The Hall–Kier alpha value is -1.92. The molecule has 0 aliphatic rings. The van der Waals surface area contributed by atoms with Gasteiger partial charge in [0.1, 0.15) is 5.69 Å². The number of hydrogen-bond donors (Lipinski definition) is 1. The fourth-order valence-electron chi connectivity index (χ4n) is 2.14. The Kier molecular flexibility index (Phi) is 5.94. The van der Waals surface area contributed by atoms with E-state index in [9.17, 15) is 4.79 Å². The monoisotopic (exact) mass is 426 g/mol. The van der Waals surface area contributed by atoms with Crippen molar-refractivity contribution in [2.24, 2.45) is 0 Å². The Morgan fingerprint density at radius 2 is 1.69 bits per heavy atom. The van der Waals surface area contributed by atoms with E-state index < -0.39 is 5.91 Å². The fraction of sp³-hybridized carbons (Fsp3) is 0.0588. The first-order valence-electron chi connectivity index (χ1n) is 7.31. The molecule has 0 radical (unpaired) electrons. The van der Waals surface area contributed by atoms with Gasteiger partial charge in [-0.05, 0) is 35.9 Å². The Balaban J connectivity index is 1.81. The van der Waals surface area contributed by atoms with Crippen LogP contribution in [0.3, 0.4) is 0 Å². The number of hydrogen-bond acceptors (Lipinski definition) is 4. The second-order valence-electron chi connectivity index (χ2n) is 5.21. The summed E-state index contributed by atoms with van der Waals surface area (Å²) >= 11 is 23.9. The normalized spacial score (nSPS) is 10.6. The SMILES string of the molecule is O=C(NCc1ccc(Cl)cc1Cl)c1cc(-c2cc(Cl)ccn2)nnc1Cl. The second kappa shape index (κ2) is 8.18. The number of benzene rings is 1. The van der Waals surface area contributed by atoms with Crippen molar-refractivity contribution in [1.82, 2.24) is 20.5 Å². The van der Waals surface area contributed by atoms with Crippen molar-refractivity contribution in [2.45, 2.75) is 6.54 Å². The number of carbonyl (C=O) groups excluding carboxylic acids is 1. The van der Waals surface area contributed by atoms with Crippen LogP contribution >= 0.6 is 46.4 Å². The van der Waals surface area contributed by atoms with Crippen molar-refractivity contribution in [3.05, 3.63) is 73.9 Å². The fourth-order valence-corrected chi connectivity index (χ4v) is 2.95. The second-order valence-corrected chi connectivity index (χ2v) is 6.85. The Labute approximate surface area is 169 Å². The lowest BCUT2D eigenvalue weighted by atomic mass is 10.2. The molecule has 1 aromatic carbocycles. The van der Waals surface area contributed by atoms with Gasteiger partial charge in [-0.1, -0.05) is 52.5 Å². The molecule has 132 valence electrons. The largest absolute Gasteiger partial charge is 0.348 e. The first kappa shape index (κ1) is 18.9. The van der Waals surface area contributed by atoms with E-state index in [0.717, 1.165) is 5.56 Å². The third kappa shape index (κ3) is 4.43. The molecule has 5 nitrogen and oxygen atoms in total. The Morgan fingerprint density at radius 3 is 2.42 bits per heavy atom.